The Kier molecular flexibility index (Phi) is 5.55. The van der Waals surface area contributed by atoms with Crippen molar-refractivity contribution >= 4 is 40.6 Å². The van der Waals surface area contributed by atoms with Crippen LogP contribution < -0.4 is 5.32 Å². The summed E-state index contributed by atoms with van der Waals surface area (Å²) in [6.07, 6.45) is 0. The Morgan fingerprint density at radius 2 is 2.17 bits per heavy atom. The van der Waals surface area contributed by atoms with Gasteiger partial charge in [0.25, 0.3) is 11.1 Å². The quantitative estimate of drug-likeness (QED) is 0.648. The Bertz CT molecular complexity index is 820. The van der Waals surface area contributed by atoms with Crippen molar-refractivity contribution in [3.63, 3.8) is 0 Å². The Labute approximate surface area is 152 Å². The molecule has 0 fully saturated rings. The first-order valence-corrected chi connectivity index (χ1v) is 9.32. The largest absolute Gasteiger partial charge is 0.410 e. The lowest BCUT2D eigenvalue weighted by Crippen LogP contribution is -2.30. The van der Waals surface area contributed by atoms with Crippen LogP contribution in [0.2, 0.25) is 5.02 Å². The van der Waals surface area contributed by atoms with Crippen LogP contribution in [-0.4, -0.2) is 21.4 Å². The van der Waals surface area contributed by atoms with Crippen molar-refractivity contribution in [2.24, 2.45) is 0 Å². The van der Waals surface area contributed by atoms with Crippen LogP contribution in [0.25, 0.3) is 10.8 Å². The van der Waals surface area contributed by atoms with Crippen LogP contribution in [0.1, 0.15) is 12.5 Å². The van der Waals surface area contributed by atoms with E-state index in [2.05, 4.69) is 15.5 Å². The molecule has 8 heteroatoms. The number of aromatic nitrogens is 2. The summed E-state index contributed by atoms with van der Waals surface area (Å²) in [4.78, 5) is 13.1. The van der Waals surface area contributed by atoms with Gasteiger partial charge in [0, 0.05) is 11.6 Å². The molecule has 2 heterocycles. The van der Waals surface area contributed by atoms with Crippen molar-refractivity contribution in [1.82, 2.24) is 15.5 Å². The van der Waals surface area contributed by atoms with Crippen LogP contribution in [0.5, 0.6) is 0 Å². The molecule has 3 rings (SSSR count). The van der Waals surface area contributed by atoms with Gasteiger partial charge in [0.1, 0.15) is 0 Å². The van der Waals surface area contributed by atoms with Crippen molar-refractivity contribution in [3.8, 4) is 10.8 Å². The van der Waals surface area contributed by atoms with Crippen molar-refractivity contribution in [3.05, 3.63) is 52.4 Å². The fourth-order valence-corrected chi connectivity index (χ4v) is 3.48. The van der Waals surface area contributed by atoms with Crippen LogP contribution in [0.15, 0.2) is 51.4 Å². The monoisotopic (exact) mass is 379 g/mol. The number of rotatable bonds is 6. The number of halogens is 1. The molecule has 3 aromatic rings. The maximum Gasteiger partial charge on any atom is 0.277 e. The molecule has 2 aromatic heterocycles. The second-order valence-electron chi connectivity index (χ2n) is 4.92. The van der Waals surface area contributed by atoms with Gasteiger partial charge < -0.3 is 9.73 Å². The third-order valence-electron chi connectivity index (χ3n) is 3.20. The number of thioether (sulfide) groups is 1. The maximum atomic E-state index is 12.2. The summed E-state index contributed by atoms with van der Waals surface area (Å²) < 4.78 is 5.58. The highest BCUT2D eigenvalue weighted by atomic mass is 35.5. The minimum Gasteiger partial charge on any atom is -0.410 e. The molecule has 1 N–H and O–H groups in total. The van der Waals surface area contributed by atoms with Crippen molar-refractivity contribution < 1.29 is 9.21 Å². The van der Waals surface area contributed by atoms with Gasteiger partial charge in [-0.3, -0.25) is 4.79 Å². The highest BCUT2D eigenvalue weighted by molar-refractivity contribution is 8.00. The lowest BCUT2D eigenvalue weighted by molar-refractivity contribution is -0.120. The zero-order valence-electron chi connectivity index (χ0n) is 12.7. The molecule has 124 valence electrons. The summed E-state index contributed by atoms with van der Waals surface area (Å²) in [5.74, 6) is 0.354. The maximum absolute atomic E-state index is 12.2. The lowest BCUT2D eigenvalue weighted by atomic mass is 10.2. The first-order valence-electron chi connectivity index (χ1n) is 7.18. The third kappa shape index (κ3) is 4.17. The predicted octanol–water partition coefficient (Wildman–Crippen LogP) is 4.25. The number of carbonyl (C=O) groups excluding carboxylic acids is 1. The van der Waals surface area contributed by atoms with Gasteiger partial charge >= 0.3 is 0 Å². The predicted molar refractivity (Wildman–Crippen MR) is 96.2 cm³/mol. The molecular formula is C16H14ClN3O2S2. The van der Waals surface area contributed by atoms with Crippen LogP contribution in [0, 0.1) is 0 Å². The van der Waals surface area contributed by atoms with E-state index in [1.54, 1.807) is 13.0 Å². The second-order valence-corrected chi connectivity index (χ2v) is 7.57. The summed E-state index contributed by atoms with van der Waals surface area (Å²) in [5, 5.41) is 13.4. The van der Waals surface area contributed by atoms with Crippen LogP contribution >= 0.6 is 34.7 Å². The Morgan fingerprint density at radius 3 is 2.92 bits per heavy atom. The molecule has 0 bridgehead atoms. The van der Waals surface area contributed by atoms with Crippen LogP contribution in [-0.2, 0) is 11.3 Å². The highest BCUT2D eigenvalue weighted by Crippen LogP contribution is 2.28. The van der Waals surface area contributed by atoms with E-state index in [0.29, 0.717) is 22.7 Å². The molecule has 0 spiro atoms. The van der Waals surface area contributed by atoms with Gasteiger partial charge in [-0.05, 0) is 30.0 Å². The number of hydrogen-bond acceptors (Lipinski definition) is 6. The minimum atomic E-state index is -0.357. The molecule has 1 aromatic carbocycles. The molecule has 0 radical (unpaired) electrons. The molecule has 0 aliphatic heterocycles. The van der Waals surface area contributed by atoms with E-state index < -0.39 is 0 Å². The van der Waals surface area contributed by atoms with Crippen molar-refractivity contribution in [1.29, 1.82) is 0 Å². The summed E-state index contributed by atoms with van der Waals surface area (Å²) in [6, 6.07) is 11.2. The van der Waals surface area contributed by atoms with Crippen LogP contribution in [0.3, 0.4) is 0 Å². The van der Waals surface area contributed by atoms with E-state index in [9.17, 15) is 4.79 Å². The molecule has 0 saturated carbocycles. The Balaban J connectivity index is 1.55. The molecule has 0 aliphatic carbocycles. The first-order chi connectivity index (χ1) is 11.6. The first kappa shape index (κ1) is 17.0. The van der Waals surface area contributed by atoms with Crippen LogP contribution in [0.4, 0.5) is 0 Å². The number of benzene rings is 1. The average Bonchev–Trinajstić information content (AvgIpc) is 3.25. The average molecular weight is 380 g/mol. The molecule has 0 saturated heterocycles. The smallest absolute Gasteiger partial charge is 0.277 e. The normalized spacial score (nSPS) is 12.1. The number of nitrogens with one attached hydrogen (secondary N) is 1. The SMILES string of the molecule is CC(Sc1nnc(-c2cccs2)o1)C(=O)NCc1ccccc1Cl. The topological polar surface area (TPSA) is 68.0 Å². The Morgan fingerprint density at radius 1 is 1.33 bits per heavy atom. The number of hydrogen-bond donors (Lipinski definition) is 1. The summed E-state index contributed by atoms with van der Waals surface area (Å²) in [5.41, 5.74) is 0.877. The fraction of sp³-hybridized carbons (Fsp3) is 0.188. The molecule has 24 heavy (non-hydrogen) atoms. The Hall–Kier alpha value is -1.83. The summed E-state index contributed by atoms with van der Waals surface area (Å²) in [6.45, 7) is 2.18. The molecular weight excluding hydrogens is 366 g/mol. The van der Waals surface area contributed by atoms with Gasteiger partial charge in [0.05, 0.1) is 10.1 Å². The van der Waals surface area contributed by atoms with Crippen molar-refractivity contribution in [2.45, 2.75) is 23.9 Å². The number of carbonyl (C=O) groups is 1. The van der Waals surface area contributed by atoms with E-state index in [-0.39, 0.29) is 11.2 Å². The zero-order chi connectivity index (χ0) is 16.9. The molecule has 1 atom stereocenters. The van der Waals surface area contributed by atoms with Gasteiger partial charge in [0.15, 0.2) is 0 Å². The van der Waals surface area contributed by atoms with E-state index in [0.717, 1.165) is 10.4 Å². The standard InChI is InChI=1S/C16H14ClN3O2S2/c1-10(14(21)18-9-11-5-2-3-6-12(11)17)24-16-20-19-15(22-16)13-7-4-8-23-13/h2-8,10H,9H2,1H3,(H,18,21). The zero-order valence-corrected chi connectivity index (χ0v) is 15.1. The van der Waals surface area contributed by atoms with Gasteiger partial charge in [-0.25, -0.2) is 0 Å². The minimum absolute atomic E-state index is 0.115. The number of nitrogens with zero attached hydrogens (tertiary/aromatic N) is 2. The van der Waals surface area contributed by atoms with Gasteiger partial charge in [-0.1, -0.05) is 47.6 Å². The van der Waals surface area contributed by atoms with E-state index in [1.165, 1.54) is 23.1 Å². The molecule has 1 unspecified atom stereocenters. The molecule has 0 aliphatic rings. The number of amides is 1. The number of thiophene rings is 1. The molecule has 5 nitrogen and oxygen atoms in total. The highest BCUT2D eigenvalue weighted by Gasteiger charge is 2.19. The van der Waals surface area contributed by atoms with E-state index >= 15 is 0 Å². The van der Waals surface area contributed by atoms with Gasteiger partial charge in [-0.2, -0.15) is 0 Å². The fourth-order valence-electron chi connectivity index (χ4n) is 1.93. The second kappa shape index (κ2) is 7.83. The summed E-state index contributed by atoms with van der Waals surface area (Å²) >= 11 is 8.83. The van der Waals surface area contributed by atoms with Gasteiger partial charge in [0.2, 0.25) is 5.91 Å². The van der Waals surface area contributed by atoms with E-state index in [4.69, 9.17) is 16.0 Å². The molecule has 1 amide bonds. The van der Waals surface area contributed by atoms with Crippen molar-refractivity contribution in [2.75, 3.05) is 0 Å². The summed E-state index contributed by atoms with van der Waals surface area (Å²) in [7, 11) is 0. The lowest BCUT2D eigenvalue weighted by Gasteiger charge is -2.10. The third-order valence-corrected chi connectivity index (χ3v) is 5.36. The van der Waals surface area contributed by atoms with Gasteiger partial charge in [-0.15, -0.1) is 21.5 Å². The van der Waals surface area contributed by atoms with E-state index in [1.807, 2.05) is 35.7 Å².